The molecule has 0 aliphatic carbocycles. The highest BCUT2D eigenvalue weighted by Gasteiger charge is 2.35. The Morgan fingerprint density at radius 1 is 1.24 bits per heavy atom. The van der Waals surface area contributed by atoms with E-state index in [4.69, 9.17) is 4.74 Å². The van der Waals surface area contributed by atoms with Gasteiger partial charge in [-0.1, -0.05) is 26.3 Å². The van der Waals surface area contributed by atoms with Gasteiger partial charge in [0.1, 0.15) is 5.75 Å². The number of nitrogens with zero attached hydrogens (tertiary/aromatic N) is 1. The maximum Gasteiger partial charge on any atom is 0.121 e. The summed E-state index contributed by atoms with van der Waals surface area (Å²) in [6.45, 7) is 7.69. The minimum Gasteiger partial charge on any atom is -0.493 e. The average Bonchev–Trinajstić information content (AvgIpc) is 2.89. The predicted octanol–water partition coefficient (Wildman–Crippen LogP) is 3.76. The second-order valence-electron chi connectivity index (χ2n) is 6.87. The highest BCUT2D eigenvalue weighted by molar-refractivity contribution is 5.49. The zero-order chi connectivity index (χ0) is 14.7. The largest absolute Gasteiger partial charge is 0.493 e. The normalized spacial score (nSPS) is 25.9. The number of hydrogen-bond acceptors (Lipinski definition) is 3. The quantitative estimate of drug-likeness (QED) is 0.893. The number of hydrogen-bond donors (Lipinski definition) is 1. The molecule has 0 aromatic heterocycles. The summed E-state index contributed by atoms with van der Waals surface area (Å²) in [5.74, 6) is 1.54. The Kier molecular flexibility index (Phi) is 4.69. The number of nitrogens with one attached hydrogen (secondary N) is 1. The van der Waals surface area contributed by atoms with Crippen molar-refractivity contribution in [3.05, 3.63) is 24.3 Å². The number of anilines is 1. The lowest BCUT2D eigenvalue weighted by Crippen LogP contribution is -2.41. The van der Waals surface area contributed by atoms with Crippen LogP contribution in [0.25, 0.3) is 0 Å². The number of benzene rings is 1. The van der Waals surface area contributed by atoms with Gasteiger partial charge in [-0.25, -0.2) is 0 Å². The van der Waals surface area contributed by atoms with E-state index in [1.165, 1.54) is 44.5 Å². The van der Waals surface area contributed by atoms with Gasteiger partial charge in [0.2, 0.25) is 0 Å². The molecule has 0 saturated carbocycles. The first-order valence-electron chi connectivity index (χ1n) is 8.46. The summed E-state index contributed by atoms with van der Waals surface area (Å²) in [7, 11) is 0. The van der Waals surface area contributed by atoms with Crippen LogP contribution in [0.5, 0.6) is 5.75 Å². The third-order valence-electron chi connectivity index (χ3n) is 4.63. The van der Waals surface area contributed by atoms with Crippen molar-refractivity contribution in [1.29, 1.82) is 0 Å². The van der Waals surface area contributed by atoms with Crippen molar-refractivity contribution >= 4 is 5.69 Å². The van der Waals surface area contributed by atoms with Crippen molar-refractivity contribution in [3.63, 3.8) is 0 Å². The smallest absolute Gasteiger partial charge is 0.121 e. The summed E-state index contributed by atoms with van der Waals surface area (Å²) in [5.41, 5.74) is 1.20. The molecule has 0 radical (unpaired) electrons. The number of fused-ring (bicyclic) bond motifs is 1. The topological polar surface area (TPSA) is 24.5 Å². The van der Waals surface area contributed by atoms with E-state index in [-0.39, 0.29) is 0 Å². The molecule has 2 aliphatic heterocycles. The van der Waals surface area contributed by atoms with Gasteiger partial charge in [0, 0.05) is 30.4 Å². The zero-order valence-corrected chi connectivity index (χ0v) is 13.3. The van der Waals surface area contributed by atoms with Crippen LogP contribution in [-0.2, 0) is 0 Å². The van der Waals surface area contributed by atoms with Crippen molar-refractivity contribution in [2.24, 2.45) is 5.92 Å². The first kappa shape index (κ1) is 14.7. The molecule has 21 heavy (non-hydrogen) atoms. The summed E-state index contributed by atoms with van der Waals surface area (Å²) in [6, 6.07) is 9.78. The lowest BCUT2D eigenvalue weighted by atomic mass is 9.99. The number of piperidine rings is 1. The van der Waals surface area contributed by atoms with Crippen LogP contribution in [0.4, 0.5) is 5.69 Å². The molecule has 2 atom stereocenters. The third kappa shape index (κ3) is 3.70. The van der Waals surface area contributed by atoms with Gasteiger partial charge in [0.15, 0.2) is 0 Å². The SMILES string of the molecule is CC(C)COc1cccc(NC2CCN3CCCCC23)c1. The van der Waals surface area contributed by atoms with Crippen molar-refractivity contribution < 1.29 is 4.74 Å². The van der Waals surface area contributed by atoms with Gasteiger partial charge in [-0.05, 0) is 43.9 Å². The fourth-order valence-corrected chi connectivity index (χ4v) is 3.57. The first-order chi connectivity index (χ1) is 10.2. The van der Waals surface area contributed by atoms with Gasteiger partial charge in [0.25, 0.3) is 0 Å². The maximum absolute atomic E-state index is 5.83. The molecule has 2 heterocycles. The minimum atomic E-state index is 0.562. The fraction of sp³-hybridized carbons (Fsp3) is 0.667. The van der Waals surface area contributed by atoms with Gasteiger partial charge in [-0.3, -0.25) is 4.90 Å². The molecule has 0 bridgehead atoms. The van der Waals surface area contributed by atoms with Crippen LogP contribution in [-0.4, -0.2) is 36.7 Å². The molecule has 1 N–H and O–H groups in total. The predicted molar refractivity (Wildman–Crippen MR) is 88.0 cm³/mol. The van der Waals surface area contributed by atoms with E-state index in [0.717, 1.165) is 18.4 Å². The van der Waals surface area contributed by atoms with Gasteiger partial charge < -0.3 is 10.1 Å². The average molecular weight is 288 g/mol. The summed E-state index contributed by atoms with van der Waals surface area (Å²) >= 11 is 0. The Labute approximate surface area is 128 Å². The standard InChI is InChI=1S/C18H28N2O/c1-14(2)13-21-16-7-5-6-15(12-16)19-17-9-11-20-10-4-3-8-18(17)20/h5-7,12,14,17-19H,3-4,8-11,13H2,1-2H3. The highest BCUT2D eigenvalue weighted by atomic mass is 16.5. The maximum atomic E-state index is 5.83. The Bertz CT molecular complexity index is 460. The first-order valence-corrected chi connectivity index (χ1v) is 8.46. The molecular formula is C18H28N2O. The lowest BCUT2D eigenvalue weighted by molar-refractivity contribution is 0.192. The highest BCUT2D eigenvalue weighted by Crippen LogP contribution is 2.30. The van der Waals surface area contributed by atoms with E-state index in [2.05, 4.69) is 48.3 Å². The fourth-order valence-electron chi connectivity index (χ4n) is 3.57. The molecule has 1 aromatic rings. The van der Waals surface area contributed by atoms with Crippen molar-refractivity contribution in [2.75, 3.05) is 25.0 Å². The second kappa shape index (κ2) is 6.69. The molecule has 0 amide bonds. The summed E-state index contributed by atoms with van der Waals surface area (Å²) in [6.07, 6.45) is 5.38. The minimum absolute atomic E-state index is 0.562. The molecule has 1 aromatic carbocycles. The molecule has 2 unspecified atom stereocenters. The molecule has 116 valence electrons. The molecule has 3 rings (SSSR count). The Balaban J connectivity index is 1.61. The van der Waals surface area contributed by atoms with Crippen LogP contribution < -0.4 is 10.1 Å². The summed E-state index contributed by atoms with van der Waals surface area (Å²) < 4.78 is 5.83. The molecule has 3 heteroatoms. The zero-order valence-electron chi connectivity index (χ0n) is 13.3. The Morgan fingerprint density at radius 3 is 3.00 bits per heavy atom. The van der Waals surface area contributed by atoms with Gasteiger partial charge >= 0.3 is 0 Å². The van der Waals surface area contributed by atoms with E-state index in [9.17, 15) is 0 Å². The summed E-state index contributed by atoms with van der Waals surface area (Å²) in [5, 5.41) is 3.75. The monoisotopic (exact) mass is 288 g/mol. The van der Waals surface area contributed by atoms with E-state index in [0.29, 0.717) is 12.0 Å². The van der Waals surface area contributed by atoms with Crippen molar-refractivity contribution in [1.82, 2.24) is 4.90 Å². The molecule has 3 nitrogen and oxygen atoms in total. The van der Waals surface area contributed by atoms with E-state index in [1.54, 1.807) is 0 Å². The van der Waals surface area contributed by atoms with Gasteiger partial charge in [-0.2, -0.15) is 0 Å². The lowest BCUT2D eigenvalue weighted by Gasteiger charge is -2.33. The van der Waals surface area contributed by atoms with Crippen LogP contribution >= 0.6 is 0 Å². The van der Waals surface area contributed by atoms with Crippen LogP contribution in [0, 0.1) is 5.92 Å². The van der Waals surface area contributed by atoms with E-state index < -0.39 is 0 Å². The van der Waals surface area contributed by atoms with Crippen LogP contribution in [0.2, 0.25) is 0 Å². The van der Waals surface area contributed by atoms with Crippen LogP contribution in [0.3, 0.4) is 0 Å². The third-order valence-corrected chi connectivity index (χ3v) is 4.63. The molecule has 2 saturated heterocycles. The van der Waals surface area contributed by atoms with E-state index >= 15 is 0 Å². The van der Waals surface area contributed by atoms with Crippen molar-refractivity contribution in [2.45, 2.75) is 51.6 Å². The second-order valence-corrected chi connectivity index (χ2v) is 6.87. The van der Waals surface area contributed by atoms with Crippen LogP contribution in [0.15, 0.2) is 24.3 Å². The Hall–Kier alpha value is -1.22. The van der Waals surface area contributed by atoms with Crippen LogP contribution in [0.1, 0.15) is 39.5 Å². The molecule has 0 spiro atoms. The number of ether oxygens (including phenoxy) is 1. The van der Waals surface area contributed by atoms with Gasteiger partial charge in [0.05, 0.1) is 6.61 Å². The van der Waals surface area contributed by atoms with Gasteiger partial charge in [-0.15, -0.1) is 0 Å². The van der Waals surface area contributed by atoms with Crippen molar-refractivity contribution in [3.8, 4) is 5.75 Å². The molecule has 2 aliphatic rings. The number of rotatable bonds is 5. The van der Waals surface area contributed by atoms with E-state index in [1.807, 2.05) is 0 Å². The Morgan fingerprint density at radius 2 is 2.14 bits per heavy atom. The molecule has 2 fully saturated rings. The molecular weight excluding hydrogens is 260 g/mol. The summed E-state index contributed by atoms with van der Waals surface area (Å²) in [4.78, 5) is 2.67.